The molecule has 0 bridgehead atoms. The van der Waals surface area contributed by atoms with E-state index in [4.69, 9.17) is 4.74 Å². The van der Waals surface area contributed by atoms with Gasteiger partial charge in [-0.3, -0.25) is 0 Å². The standard InChI is InChI=1S/C15H15BrFN3O2/c1-22-14-6-10(4-5-18-14)8-19-15(21)20-9-11-7-12(16)2-3-13(11)17/h2-7H,8-9H2,1H3,(H2,19,20,21). The van der Waals surface area contributed by atoms with Crippen molar-refractivity contribution in [3.05, 3.63) is 57.9 Å². The first-order chi connectivity index (χ1) is 10.6. The van der Waals surface area contributed by atoms with Crippen molar-refractivity contribution in [1.29, 1.82) is 0 Å². The molecular formula is C15H15BrFN3O2. The minimum absolute atomic E-state index is 0.108. The van der Waals surface area contributed by atoms with Gasteiger partial charge in [-0.05, 0) is 29.8 Å². The highest BCUT2D eigenvalue weighted by atomic mass is 79.9. The van der Waals surface area contributed by atoms with E-state index in [1.54, 1.807) is 30.5 Å². The molecule has 5 nitrogen and oxygen atoms in total. The van der Waals surface area contributed by atoms with E-state index in [1.807, 2.05) is 0 Å². The van der Waals surface area contributed by atoms with E-state index in [-0.39, 0.29) is 18.4 Å². The lowest BCUT2D eigenvalue weighted by molar-refractivity contribution is 0.240. The van der Waals surface area contributed by atoms with Gasteiger partial charge in [-0.15, -0.1) is 0 Å². The van der Waals surface area contributed by atoms with Crippen LogP contribution in [0, 0.1) is 5.82 Å². The molecule has 2 amide bonds. The lowest BCUT2D eigenvalue weighted by Gasteiger charge is -2.09. The van der Waals surface area contributed by atoms with Gasteiger partial charge in [0.05, 0.1) is 7.11 Å². The van der Waals surface area contributed by atoms with Gasteiger partial charge in [0, 0.05) is 35.4 Å². The zero-order valence-corrected chi connectivity index (χ0v) is 13.5. The van der Waals surface area contributed by atoms with Crippen LogP contribution < -0.4 is 15.4 Å². The number of carbonyl (C=O) groups excluding carboxylic acids is 1. The molecule has 0 aliphatic heterocycles. The minimum Gasteiger partial charge on any atom is -0.481 e. The van der Waals surface area contributed by atoms with E-state index in [9.17, 15) is 9.18 Å². The van der Waals surface area contributed by atoms with Gasteiger partial charge in [0.25, 0.3) is 0 Å². The lowest BCUT2D eigenvalue weighted by atomic mass is 10.2. The van der Waals surface area contributed by atoms with Crippen molar-refractivity contribution in [1.82, 2.24) is 15.6 Å². The molecule has 2 rings (SSSR count). The van der Waals surface area contributed by atoms with Crippen LogP contribution in [0.2, 0.25) is 0 Å². The summed E-state index contributed by atoms with van der Waals surface area (Å²) in [5, 5.41) is 5.30. The number of ether oxygens (including phenoxy) is 1. The van der Waals surface area contributed by atoms with Gasteiger partial charge in [0.15, 0.2) is 0 Å². The van der Waals surface area contributed by atoms with Crippen molar-refractivity contribution < 1.29 is 13.9 Å². The van der Waals surface area contributed by atoms with Gasteiger partial charge in [-0.25, -0.2) is 14.2 Å². The Balaban J connectivity index is 1.84. The summed E-state index contributed by atoms with van der Waals surface area (Å²) in [4.78, 5) is 15.7. The number of rotatable bonds is 5. The first kappa shape index (κ1) is 16.2. The molecule has 0 saturated carbocycles. The fourth-order valence-corrected chi connectivity index (χ4v) is 2.18. The molecule has 0 saturated heterocycles. The molecule has 0 aliphatic carbocycles. The predicted molar refractivity (Wildman–Crippen MR) is 84.0 cm³/mol. The van der Waals surface area contributed by atoms with Crippen LogP contribution in [0.1, 0.15) is 11.1 Å². The molecule has 7 heteroatoms. The van der Waals surface area contributed by atoms with Gasteiger partial charge < -0.3 is 15.4 Å². The Hall–Kier alpha value is -2.15. The van der Waals surface area contributed by atoms with Crippen molar-refractivity contribution in [3.63, 3.8) is 0 Å². The summed E-state index contributed by atoms with van der Waals surface area (Å²) in [5.41, 5.74) is 1.27. The summed E-state index contributed by atoms with van der Waals surface area (Å²) in [6.45, 7) is 0.433. The summed E-state index contributed by atoms with van der Waals surface area (Å²) < 4.78 is 19.3. The molecule has 0 atom stereocenters. The fourth-order valence-electron chi connectivity index (χ4n) is 1.77. The number of urea groups is 1. The second kappa shape index (κ2) is 7.74. The number of hydrogen-bond acceptors (Lipinski definition) is 3. The summed E-state index contributed by atoms with van der Waals surface area (Å²) in [6.07, 6.45) is 1.60. The van der Waals surface area contributed by atoms with Crippen LogP contribution in [0.25, 0.3) is 0 Å². The molecular weight excluding hydrogens is 353 g/mol. The van der Waals surface area contributed by atoms with Crippen molar-refractivity contribution in [3.8, 4) is 5.88 Å². The van der Waals surface area contributed by atoms with E-state index < -0.39 is 0 Å². The van der Waals surface area contributed by atoms with Crippen LogP contribution in [0.3, 0.4) is 0 Å². The molecule has 116 valence electrons. The highest BCUT2D eigenvalue weighted by Gasteiger charge is 2.06. The second-order valence-corrected chi connectivity index (χ2v) is 5.39. The molecule has 0 aliphatic rings. The predicted octanol–water partition coefficient (Wildman–Crippen LogP) is 2.99. The third kappa shape index (κ3) is 4.70. The third-order valence-corrected chi connectivity index (χ3v) is 3.40. The Kier molecular flexibility index (Phi) is 5.71. The number of nitrogens with zero attached hydrogens (tertiary/aromatic N) is 1. The highest BCUT2D eigenvalue weighted by molar-refractivity contribution is 9.10. The van der Waals surface area contributed by atoms with Crippen LogP contribution in [0.4, 0.5) is 9.18 Å². The largest absolute Gasteiger partial charge is 0.481 e. The van der Waals surface area contributed by atoms with Crippen LogP contribution in [0.15, 0.2) is 41.0 Å². The number of amides is 2. The number of halogens is 2. The number of aromatic nitrogens is 1. The monoisotopic (exact) mass is 367 g/mol. The van der Waals surface area contributed by atoms with E-state index in [1.165, 1.54) is 13.2 Å². The molecule has 0 radical (unpaired) electrons. The Labute approximate surface area is 136 Å². The number of benzene rings is 1. The average molecular weight is 368 g/mol. The van der Waals surface area contributed by atoms with E-state index in [0.717, 1.165) is 10.0 Å². The van der Waals surface area contributed by atoms with Crippen LogP contribution in [-0.2, 0) is 13.1 Å². The van der Waals surface area contributed by atoms with Gasteiger partial charge >= 0.3 is 6.03 Å². The number of nitrogens with one attached hydrogen (secondary N) is 2. The molecule has 2 aromatic rings. The Morgan fingerprint density at radius 3 is 2.82 bits per heavy atom. The summed E-state index contributed by atoms with van der Waals surface area (Å²) in [5.74, 6) is 0.123. The highest BCUT2D eigenvalue weighted by Crippen LogP contribution is 2.15. The maximum atomic E-state index is 13.5. The van der Waals surface area contributed by atoms with E-state index in [0.29, 0.717) is 18.0 Å². The fraction of sp³-hybridized carbons (Fsp3) is 0.200. The number of carbonyl (C=O) groups is 1. The van der Waals surface area contributed by atoms with Crippen molar-refractivity contribution in [2.24, 2.45) is 0 Å². The van der Waals surface area contributed by atoms with Crippen LogP contribution in [-0.4, -0.2) is 18.1 Å². The normalized spacial score (nSPS) is 10.1. The Morgan fingerprint density at radius 2 is 2.05 bits per heavy atom. The van der Waals surface area contributed by atoms with Crippen molar-refractivity contribution >= 4 is 22.0 Å². The Bertz CT molecular complexity index is 667. The zero-order chi connectivity index (χ0) is 15.9. The van der Waals surface area contributed by atoms with Crippen LogP contribution in [0.5, 0.6) is 5.88 Å². The smallest absolute Gasteiger partial charge is 0.315 e. The maximum absolute atomic E-state index is 13.5. The zero-order valence-electron chi connectivity index (χ0n) is 11.9. The van der Waals surface area contributed by atoms with Crippen molar-refractivity contribution in [2.75, 3.05) is 7.11 Å². The maximum Gasteiger partial charge on any atom is 0.315 e. The minimum atomic E-state index is -0.379. The first-order valence-corrected chi connectivity index (χ1v) is 7.32. The lowest BCUT2D eigenvalue weighted by Crippen LogP contribution is -2.34. The van der Waals surface area contributed by atoms with Crippen LogP contribution >= 0.6 is 15.9 Å². The average Bonchev–Trinajstić information content (AvgIpc) is 2.54. The first-order valence-electron chi connectivity index (χ1n) is 6.53. The number of pyridine rings is 1. The summed E-state index contributed by atoms with van der Waals surface area (Å²) >= 11 is 3.27. The Morgan fingerprint density at radius 1 is 1.27 bits per heavy atom. The van der Waals surface area contributed by atoms with E-state index >= 15 is 0 Å². The molecule has 1 heterocycles. The van der Waals surface area contributed by atoms with Crippen molar-refractivity contribution in [2.45, 2.75) is 13.1 Å². The topological polar surface area (TPSA) is 63.2 Å². The molecule has 0 spiro atoms. The summed E-state index contributed by atoms with van der Waals surface area (Å²) in [6, 6.07) is 7.71. The summed E-state index contributed by atoms with van der Waals surface area (Å²) in [7, 11) is 1.53. The molecule has 1 aromatic heterocycles. The van der Waals surface area contributed by atoms with Gasteiger partial charge in [0.2, 0.25) is 5.88 Å². The van der Waals surface area contributed by atoms with Gasteiger partial charge in [-0.1, -0.05) is 15.9 Å². The third-order valence-electron chi connectivity index (χ3n) is 2.91. The quantitative estimate of drug-likeness (QED) is 0.853. The molecule has 0 fully saturated rings. The molecule has 22 heavy (non-hydrogen) atoms. The number of hydrogen-bond donors (Lipinski definition) is 2. The molecule has 2 N–H and O–H groups in total. The second-order valence-electron chi connectivity index (χ2n) is 4.48. The molecule has 0 unspecified atom stereocenters. The van der Waals surface area contributed by atoms with E-state index in [2.05, 4.69) is 31.5 Å². The van der Waals surface area contributed by atoms with Gasteiger partial charge in [0.1, 0.15) is 5.82 Å². The van der Waals surface area contributed by atoms with Gasteiger partial charge in [-0.2, -0.15) is 0 Å². The molecule has 1 aromatic carbocycles. The number of methoxy groups -OCH3 is 1. The SMILES string of the molecule is COc1cc(CNC(=O)NCc2cc(Br)ccc2F)ccn1.